The molecule has 1 aromatic rings. The smallest absolute Gasteiger partial charge is 0.482 e. The minimum Gasteiger partial charge on any atom is -0.482 e. The first-order valence-corrected chi connectivity index (χ1v) is 5.47. The van der Waals surface area contributed by atoms with Gasteiger partial charge in [-0.2, -0.15) is 0 Å². The van der Waals surface area contributed by atoms with Crippen LogP contribution in [-0.2, 0) is 4.74 Å². The molecule has 4 nitrogen and oxygen atoms in total. The monoisotopic (exact) mass is 288 g/mol. The van der Waals surface area contributed by atoms with Gasteiger partial charge in [0.2, 0.25) is 5.88 Å². The summed E-state index contributed by atoms with van der Waals surface area (Å²) in [6, 6.07) is 0. The van der Waals surface area contributed by atoms with Gasteiger partial charge in [0.15, 0.2) is 0 Å². The summed E-state index contributed by atoms with van der Waals surface area (Å²) in [4.78, 5) is 0. The van der Waals surface area contributed by atoms with Gasteiger partial charge in [-0.3, -0.25) is 0 Å². The fraction of sp³-hybridized carbons (Fsp3) is 0.667. The first-order chi connectivity index (χ1) is 8.02. The van der Waals surface area contributed by atoms with E-state index in [9.17, 15) is 12.9 Å². The van der Waals surface area contributed by atoms with E-state index in [1.54, 1.807) is 0 Å². The second-order valence-electron chi connectivity index (χ2n) is 3.97. The molecule has 1 unspecified atom stereocenters. The Morgan fingerprint density at radius 2 is 2.17 bits per heavy atom. The van der Waals surface area contributed by atoms with Crippen molar-refractivity contribution >= 4 is 12.4 Å². The number of ether oxygens (including phenoxy) is 2. The summed E-state index contributed by atoms with van der Waals surface area (Å²) >= 11 is 0. The molecule has 1 atom stereocenters. The maximum Gasteiger partial charge on any atom is 1.00 e. The molecule has 1 fully saturated rings. The summed E-state index contributed by atoms with van der Waals surface area (Å²) in [5.74, 6) is -0.383. The maximum absolute atomic E-state index is 12.7. The Morgan fingerprint density at radius 3 is 2.61 bits per heavy atom. The van der Waals surface area contributed by atoms with Gasteiger partial charge in [-0.25, -0.2) is 4.68 Å². The van der Waals surface area contributed by atoms with E-state index >= 15 is 0 Å². The van der Waals surface area contributed by atoms with E-state index in [1.165, 1.54) is 11.8 Å². The predicted octanol–water partition coefficient (Wildman–Crippen LogP) is -1.35. The molecule has 9 heteroatoms. The molecule has 1 aliphatic rings. The van der Waals surface area contributed by atoms with Gasteiger partial charge in [-0.15, -0.1) is 5.10 Å². The van der Waals surface area contributed by atoms with Crippen LogP contribution in [0, 0.1) is 0 Å². The largest absolute Gasteiger partial charge is 1.00 e. The SMILES string of the molecule is COc1nn(C2CCCCO2)cc1[B-](F)(F)F.[K+]. The van der Waals surface area contributed by atoms with E-state index in [-0.39, 0.29) is 57.3 Å². The maximum atomic E-state index is 12.7. The number of hydrogen-bond donors (Lipinski definition) is 0. The van der Waals surface area contributed by atoms with Crippen molar-refractivity contribution in [2.45, 2.75) is 25.5 Å². The van der Waals surface area contributed by atoms with Gasteiger partial charge in [0.1, 0.15) is 6.23 Å². The molecule has 0 spiro atoms. The van der Waals surface area contributed by atoms with Gasteiger partial charge in [0, 0.05) is 12.8 Å². The van der Waals surface area contributed by atoms with Crippen LogP contribution in [-0.4, -0.2) is 30.5 Å². The Hall–Kier alpha value is 0.461. The Kier molecular flexibility index (Phi) is 6.20. The third kappa shape index (κ3) is 3.73. The van der Waals surface area contributed by atoms with Gasteiger partial charge >= 0.3 is 58.4 Å². The third-order valence-corrected chi connectivity index (χ3v) is 2.72. The summed E-state index contributed by atoms with van der Waals surface area (Å²) in [5, 5.41) is 3.78. The zero-order valence-electron chi connectivity index (χ0n) is 10.4. The van der Waals surface area contributed by atoms with Crippen LogP contribution in [0.1, 0.15) is 25.5 Å². The van der Waals surface area contributed by atoms with Gasteiger partial charge in [-0.1, -0.05) is 0 Å². The normalized spacial score (nSPS) is 20.3. The van der Waals surface area contributed by atoms with Crippen molar-refractivity contribution in [1.82, 2.24) is 9.78 Å². The summed E-state index contributed by atoms with van der Waals surface area (Å²) in [5.41, 5.74) is -0.804. The number of rotatable bonds is 3. The fourth-order valence-corrected chi connectivity index (χ4v) is 1.85. The number of aromatic nitrogens is 2. The second-order valence-corrected chi connectivity index (χ2v) is 3.97. The minimum absolute atomic E-state index is 0. The van der Waals surface area contributed by atoms with Crippen molar-refractivity contribution in [3.05, 3.63) is 6.20 Å². The minimum atomic E-state index is -5.11. The van der Waals surface area contributed by atoms with Crippen LogP contribution in [0.15, 0.2) is 6.20 Å². The van der Waals surface area contributed by atoms with Crippen LogP contribution in [0.25, 0.3) is 0 Å². The van der Waals surface area contributed by atoms with Crippen molar-refractivity contribution < 1.29 is 73.8 Å². The third-order valence-electron chi connectivity index (χ3n) is 2.72. The van der Waals surface area contributed by atoms with Crippen molar-refractivity contribution in [1.29, 1.82) is 0 Å². The molecular formula is C9H13BF3KN2O2. The van der Waals surface area contributed by atoms with Crippen molar-refractivity contribution in [3.63, 3.8) is 0 Å². The van der Waals surface area contributed by atoms with Crippen LogP contribution in [0.2, 0.25) is 0 Å². The Morgan fingerprint density at radius 1 is 1.44 bits per heavy atom. The van der Waals surface area contributed by atoms with Crippen LogP contribution in [0.5, 0.6) is 5.88 Å². The van der Waals surface area contributed by atoms with Crippen LogP contribution >= 0.6 is 0 Å². The Bertz CT molecular complexity index is 394. The summed E-state index contributed by atoms with van der Waals surface area (Å²) < 4.78 is 49.3. The first kappa shape index (κ1) is 16.5. The number of halogens is 3. The van der Waals surface area contributed by atoms with Crippen LogP contribution in [0.4, 0.5) is 12.9 Å². The summed E-state index contributed by atoms with van der Waals surface area (Å²) in [6.07, 6.45) is 3.10. The standard InChI is InChI=1S/C9H13BF3N2O2.K/c1-16-9-7(10(11,12)13)6-15(14-9)8-4-2-3-5-17-8;/h6,8H,2-5H2,1H3;/q-1;+1. The van der Waals surface area contributed by atoms with E-state index in [2.05, 4.69) is 9.84 Å². The molecular weight excluding hydrogens is 275 g/mol. The number of methoxy groups -OCH3 is 1. The molecule has 0 aromatic carbocycles. The topological polar surface area (TPSA) is 36.3 Å². The fourth-order valence-electron chi connectivity index (χ4n) is 1.85. The molecule has 1 saturated heterocycles. The molecule has 0 N–H and O–H groups in total. The average molecular weight is 288 g/mol. The second kappa shape index (κ2) is 6.76. The van der Waals surface area contributed by atoms with Gasteiger partial charge < -0.3 is 22.4 Å². The summed E-state index contributed by atoms with van der Waals surface area (Å²) in [7, 11) is 1.18. The van der Waals surface area contributed by atoms with Crippen molar-refractivity contribution in [2.75, 3.05) is 13.7 Å². The Balaban J connectivity index is 0.00000162. The molecule has 2 rings (SSSR count). The summed E-state index contributed by atoms with van der Waals surface area (Å²) in [6.45, 7) is -4.56. The zero-order valence-corrected chi connectivity index (χ0v) is 13.5. The molecule has 0 bridgehead atoms. The molecule has 1 aliphatic heterocycles. The number of nitrogens with zero attached hydrogens (tertiary/aromatic N) is 2. The molecule has 1 aromatic heterocycles. The van der Waals surface area contributed by atoms with E-state index in [0.29, 0.717) is 13.0 Å². The average Bonchev–Trinajstić information content (AvgIpc) is 2.74. The van der Waals surface area contributed by atoms with Crippen LogP contribution in [0.3, 0.4) is 0 Å². The van der Waals surface area contributed by atoms with E-state index < -0.39 is 18.7 Å². The van der Waals surface area contributed by atoms with E-state index in [4.69, 9.17) is 4.74 Å². The molecule has 0 radical (unpaired) electrons. The van der Waals surface area contributed by atoms with Crippen molar-refractivity contribution in [2.24, 2.45) is 0 Å². The Labute approximate surface area is 146 Å². The van der Waals surface area contributed by atoms with Gasteiger partial charge in [0.05, 0.1) is 7.11 Å². The van der Waals surface area contributed by atoms with Crippen molar-refractivity contribution in [3.8, 4) is 5.88 Å². The molecule has 0 aliphatic carbocycles. The number of hydrogen-bond acceptors (Lipinski definition) is 3. The first-order valence-electron chi connectivity index (χ1n) is 5.47. The van der Waals surface area contributed by atoms with Gasteiger partial charge in [-0.05, 0) is 24.7 Å². The van der Waals surface area contributed by atoms with E-state index in [1.807, 2.05) is 0 Å². The molecule has 96 valence electrons. The molecule has 2 heterocycles. The molecule has 0 amide bonds. The molecule has 0 saturated carbocycles. The molecule has 18 heavy (non-hydrogen) atoms. The quantitative estimate of drug-likeness (QED) is 0.645. The zero-order chi connectivity index (χ0) is 12.5. The van der Waals surface area contributed by atoms with E-state index in [0.717, 1.165) is 19.0 Å². The van der Waals surface area contributed by atoms with Gasteiger partial charge in [0.25, 0.3) is 0 Å². The van der Waals surface area contributed by atoms with Crippen LogP contribution < -0.4 is 61.6 Å². The predicted molar refractivity (Wildman–Crippen MR) is 56.3 cm³/mol.